The third-order valence-corrected chi connectivity index (χ3v) is 4.18. The lowest BCUT2D eigenvalue weighted by molar-refractivity contribution is -0.126. The third kappa shape index (κ3) is 2.83. The average Bonchev–Trinajstić information content (AvgIpc) is 2.67. The number of nitrogens with zero attached hydrogens (tertiary/aromatic N) is 1. The van der Waals surface area contributed by atoms with Gasteiger partial charge in [-0.25, -0.2) is 0 Å². The van der Waals surface area contributed by atoms with Crippen LogP contribution in [0.25, 0.3) is 0 Å². The summed E-state index contributed by atoms with van der Waals surface area (Å²) in [5.41, 5.74) is 0. The maximum absolute atomic E-state index is 11.8. The molecule has 3 unspecified atom stereocenters. The number of Topliss-reactive ketones (excluding diaryl/α,β-unsaturated/α-hetero) is 1. The Bertz CT molecular complexity index is 254. The highest BCUT2D eigenvalue weighted by Crippen LogP contribution is 2.29. The Morgan fingerprint density at radius 1 is 1.44 bits per heavy atom. The largest absolute Gasteiger partial charge is 0.392 e. The number of carbonyl (C=O) groups is 1. The summed E-state index contributed by atoms with van der Waals surface area (Å²) < 4.78 is 0. The quantitative estimate of drug-likeness (QED) is 0.790. The summed E-state index contributed by atoms with van der Waals surface area (Å²) in [6.07, 6.45) is 4.85. The topological polar surface area (TPSA) is 40.5 Å². The first-order valence-electron chi connectivity index (χ1n) is 6.62. The zero-order valence-electron chi connectivity index (χ0n) is 10.2. The van der Waals surface area contributed by atoms with E-state index in [2.05, 4.69) is 11.8 Å². The lowest BCUT2D eigenvalue weighted by atomic mass is 9.79. The highest BCUT2D eigenvalue weighted by molar-refractivity contribution is 5.81. The molecule has 0 spiro atoms. The molecule has 2 aliphatic rings. The molecular formula is C13H23NO2. The zero-order valence-corrected chi connectivity index (χ0v) is 10.2. The minimum absolute atomic E-state index is 0.166. The highest BCUT2D eigenvalue weighted by atomic mass is 16.3. The second kappa shape index (κ2) is 5.28. The Balaban J connectivity index is 1.85. The fraction of sp³-hybridized carbons (Fsp3) is 0.923. The van der Waals surface area contributed by atoms with Crippen molar-refractivity contribution >= 4 is 5.78 Å². The molecule has 1 heterocycles. The number of hydrogen-bond donors (Lipinski definition) is 1. The number of ketones is 1. The van der Waals surface area contributed by atoms with E-state index in [1.54, 1.807) is 0 Å². The minimum Gasteiger partial charge on any atom is -0.392 e. The van der Waals surface area contributed by atoms with Crippen molar-refractivity contribution in [2.45, 2.75) is 45.1 Å². The van der Waals surface area contributed by atoms with Gasteiger partial charge in [0.15, 0.2) is 0 Å². The molecule has 0 bridgehead atoms. The first kappa shape index (κ1) is 12.1. The van der Waals surface area contributed by atoms with Gasteiger partial charge in [0.25, 0.3) is 0 Å². The van der Waals surface area contributed by atoms with Gasteiger partial charge in [0, 0.05) is 32.0 Å². The predicted molar refractivity (Wildman–Crippen MR) is 63.2 cm³/mol. The third-order valence-electron chi connectivity index (χ3n) is 4.18. The van der Waals surface area contributed by atoms with Crippen LogP contribution >= 0.6 is 0 Å². The molecule has 3 heteroatoms. The van der Waals surface area contributed by atoms with Crippen LogP contribution in [0, 0.1) is 11.8 Å². The van der Waals surface area contributed by atoms with Gasteiger partial charge in [0.1, 0.15) is 5.78 Å². The van der Waals surface area contributed by atoms with Crippen LogP contribution < -0.4 is 0 Å². The average molecular weight is 225 g/mol. The maximum atomic E-state index is 11.8. The van der Waals surface area contributed by atoms with Crippen molar-refractivity contribution < 1.29 is 9.90 Å². The molecule has 1 saturated carbocycles. The molecule has 0 amide bonds. The number of carbonyl (C=O) groups excluding carboxylic acids is 1. The smallest absolute Gasteiger partial charge is 0.137 e. The van der Waals surface area contributed by atoms with Gasteiger partial charge in [0.05, 0.1) is 6.10 Å². The Morgan fingerprint density at radius 2 is 2.25 bits per heavy atom. The van der Waals surface area contributed by atoms with Crippen LogP contribution in [-0.2, 0) is 4.79 Å². The molecule has 0 aromatic rings. The SMILES string of the molecule is CCC1CCC(=O)C(CN2CCC(O)C2)C1. The van der Waals surface area contributed by atoms with Gasteiger partial charge in [-0.2, -0.15) is 0 Å². The van der Waals surface area contributed by atoms with Crippen LogP contribution in [0.4, 0.5) is 0 Å². The van der Waals surface area contributed by atoms with Crippen molar-refractivity contribution in [3.8, 4) is 0 Å². The molecular weight excluding hydrogens is 202 g/mol. The van der Waals surface area contributed by atoms with Crippen LogP contribution in [0.3, 0.4) is 0 Å². The van der Waals surface area contributed by atoms with E-state index in [9.17, 15) is 9.90 Å². The van der Waals surface area contributed by atoms with E-state index in [0.29, 0.717) is 5.78 Å². The van der Waals surface area contributed by atoms with E-state index in [0.717, 1.165) is 51.2 Å². The maximum Gasteiger partial charge on any atom is 0.137 e. The first-order chi connectivity index (χ1) is 7.69. The Labute approximate surface area is 97.8 Å². The first-order valence-corrected chi connectivity index (χ1v) is 6.62. The molecule has 2 rings (SSSR count). The number of likely N-dealkylation sites (tertiary alicyclic amines) is 1. The van der Waals surface area contributed by atoms with E-state index in [4.69, 9.17) is 0 Å². The van der Waals surface area contributed by atoms with Gasteiger partial charge in [-0.3, -0.25) is 9.69 Å². The van der Waals surface area contributed by atoms with Gasteiger partial charge >= 0.3 is 0 Å². The molecule has 2 fully saturated rings. The van der Waals surface area contributed by atoms with E-state index in [1.807, 2.05) is 0 Å². The van der Waals surface area contributed by atoms with Crippen LogP contribution in [0.5, 0.6) is 0 Å². The summed E-state index contributed by atoms with van der Waals surface area (Å²) >= 11 is 0. The predicted octanol–water partition coefficient (Wildman–Crippen LogP) is 1.45. The molecule has 0 aromatic carbocycles. The van der Waals surface area contributed by atoms with Crippen molar-refractivity contribution in [2.75, 3.05) is 19.6 Å². The summed E-state index contributed by atoms with van der Waals surface area (Å²) in [7, 11) is 0. The molecule has 16 heavy (non-hydrogen) atoms. The molecule has 0 radical (unpaired) electrons. The van der Waals surface area contributed by atoms with Crippen LogP contribution in [0.15, 0.2) is 0 Å². The molecule has 1 aliphatic heterocycles. The monoisotopic (exact) mass is 225 g/mol. The van der Waals surface area contributed by atoms with E-state index in [-0.39, 0.29) is 12.0 Å². The lowest BCUT2D eigenvalue weighted by Gasteiger charge is -2.30. The molecule has 3 atom stereocenters. The van der Waals surface area contributed by atoms with Crippen molar-refractivity contribution in [3.05, 3.63) is 0 Å². The highest BCUT2D eigenvalue weighted by Gasteiger charge is 2.31. The lowest BCUT2D eigenvalue weighted by Crippen LogP contribution is -2.36. The van der Waals surface area contributed by atoms with Crippen LogP contribution in [0.1, 0.15) is 39.0 Å². The Kier molecular flexibility index (Phi) is 3.98. The zero-order chi connectivity index (χ0) is 11.5. The molecule has 1 N–H and O–H groups in total. The van der Waals surface area contributed by atoms with Crippen LogP contribution in [-0.4, -0.2) is 41.5 Å². The normalized spacial score (nSPS) is 36.9. The van der Waals surface area contributed by atoms with Gasteiger partial charge < -0.3 is 5.11 Å². The number of β-amino-alcohol motifs (C(OH)–C–C–N with tert-alkyl or cyclic N) is 1. The van der Waals surface area contributed by atoms with Crippen molar-refractivity contribution in [1.82, 2.24) is 4.90 Å². The Hall–Kier alpha value is -0.410. The summed E-state index contributed by atoms with van der Waals surface area (Å²) in [5, 5.41) is 9.47. The van der Waals surface area contributed by atoms with E-state index >= 15 is 0 Å². The van der Waals surface area contributed by atoms with Gasteiger partial charge in [0.2, 0.25) is 0 Å². The molecule has 0 aromatic heterocycles. The van der Waals surface area contributed by atoms with E-state index < -0.39 is 0 Å². The summed E-state index contributed by atoms with van der Waals surface area (Å²) in [6.45, 7) is 4.83. The summed E-state index contributed by atoms with van der Waals surface area (Å²) in [4.78, 5) is 14.1. The molecule has 1 aliphatic carbocycles. The Morgan fingerprint density at radius 3 is 2.88 bits per heavy atom. The number of hydrogen-bond acceptors (Lipinski definition) is 3. The minimum atomic E-state index is -0.166. The second-order valence-electron chi connectivity index (χ2n) is 5.41. The summed E-state index contributed by atoms with van der Waals surface area (Å²) in [6, 6.07) is 0. The molecule has 1 saturated heterocycles. The molecule has 92 valence electrons. The van der Waals surface area contributed by atoms with Crippen molar-refractivity contribution in [2.24, 2.45) is 11.8 Å². The fourth-order valence-electron chi connectivity index (χ4n) is 3.04. The standard InChI is InChI=1S/C13H23NO2/c1-2-10-3-4-13(16)11(7-10)8-14-6-5-12(15)9-14/h10-12,15H,2-9H2,1H3. The van der Waals surface area contributed by atoms with E-state index in [1.165, 1.54) is 6.42 Å². The van der Waals surface area contributed by atoms with Gasteiger partial charge in [-0.1, -0.05) is 13.3 Å². The van der Waals surface area contributed by atoms with Gasteiger partial charge in [-0.15, -0.1) is 0 Å². The fourth-order valence-corrected chi connectivity index (χ4v) is 3.04. The van der Waals surface area contributed by atoms with Gasteiger partial charge in [-0.05, 0) is 25.2 Å². The summed E-state index contributed by atoms with van der Waals surface area (Å²) in [5.74, 6) is 1.44. The number of rotatable bonds is 3. The molecule has 3 nitrogen and oxygen atoms in total. The van der Waals surface area contributed by atoms with Crippen molar-refractivity contribution in [1.29, 1.82) is 0 Å². The number of aliphatic hydroxyl groups excluding tert-OH is 1. The van der Waals surface area contributed by atoms with Crippen molar-refractivity contribution in [3.63, 3.8) is 0 Å². The van der Waals surface area contributed by atoms with Crippen LogP contribution in [0.2, 0.25) is 0 Å². The number of aliphatic hydroxyl groups is 1. The second-order valence-corrected chi connectivity index (χ2v) is 5.41.